The Morgan fingerprint density at radius 1 is 1.18 bits per heavy atom. The van der Waals surface area contributed by atoms with E-state index in [9.17, 15) is 5.26 Å². The van der Waals surface area contributed by atoms with E-state index in [1.165, 1.54) is 16.7 Å². The van der Waals surface area contributed by atoms with Gasteiger partial charge in [-0.3, -0.25) is 0 Å². The molecule has 0 aliphatic heterocycles. The number of benzene rings is 1. The lowest BCUT2D eigenvalue weighted by Crippen LogP contribution is -2.41. The fourth-order valence-electron chi connectivity index (χ4n) is 2.92. The lowest BCUT2D eigenvalue weighted by Gasteiger charge is -2.38. The van der Waals surface area contributed by atoms with Gasteiger partial charge in [0, 0.05) is 0 Å². The first-order valence-corrected chi connectivity index (χ1v) is 11.1. The molecule has 0 aromatic heterocycles. The van der Waals surface area contributed by atoms with Crippen LogP contribution in [0.4, 0.5) is 0 Å². The van der Waals surface area contributed by atoms with Gasteiger partial charge in [0.2, 0.25) is 0 Å². The molecule has 2 rings (SSSR count). The fourth-order valence-corrected chi connectivity index (χ4v) is 4.23. The van der Waals surface area contributed by atoms with Crippen LogP contribution in [0.5, 0.6) is 0 Å². The van der Waals surface area contributed by atoms with Crippen LogP contribution in [0.1, 0.15) is 63.8 Å². The van der Waals surface area contributed by atoms with E-state index in [0.29, 0.717) is 0 Å². The fraction of sp³-hybridized carbons (Fsp3) is 0.632. The molecule has 0 amide bonds. The maximum atomic E-state index is 9.46. The summed E-state index contributed by atoms with van der Waals surface area (Å²) in [5, 5.41) is 9.68. The van der Waals surface area contributed by atoms with Crippen molar-refractivity contribution in [2.75, 3.05) is 0 Å². The van der Waals surface area contributed by atoms with Gasteiger partial charge in [0.15, 0.2) is 8.32 Å². The van der Waals surface area contributed by atoms with Crippen molar-refractivity contribution in [3.05, 3.63) is 34.9 Å². The summed E-state index contributed by atoms with van der Waals surface area (Å²) < 4.78 is 6.65. The standard InChI is InChI=1S/C19H29NOSi/c1-18(2,3)22(6,7)21-17-12-11-14-15(17)9-8-10-16(14)19(4,5)13-20/h8-10,17H,11-12H2,1-7H3. The van der Waals surface area contributed by atoms with E-state index in [0.717, 1.165) is 12.8 Å². The molecular formula is C19H29NOSi. The summed E-state index contributed by atoms with van der Waals surface area (Å²) in [7, 11) is -1.77. The topological polar surface area (TPSA) is 33.0 Å². The summed E-state index contributed by atoms with van der Waals surface area (Å²) >= 11 is 0. The molecule has 2 nitrogen and oxygen atoms in total. The second-order valence-electron chi connectivity index (χ2n) is 8.52. The van der Waals surface area contributed by atoms with Gasteiger partial charge < -0.3 is 4.43 Å². The monoisotopic (exact) mass is 315 g/mol. The lowest BCUT2D eigenvalue weighted by atomic mass is 9.82. The number of hydrogen-bond acceptors (Lipinski definition) is 2. The first-order chi connectivity index (χ1) is 9.99. The van der Waals surface area contributed by atoms with Crippen LogP contribution in [0, 0.1) is 11.3 Å². The SMILES string of the molecule is CC(C)(C#N)c1cccc2c1CCC2O[Si](C)(C)C(C)(C)C. The Hall–Kier alpha value is -1.11. The Morgan fingerprint density at radius 2 is 1.82 bits per heavy atom. The minimum absolute atomic E-state index is 0.199. The van der Waals surface area contributed by atoms with Crippen LogP contribution < -0.4 is 0 Å². The van der Waals surface area contributed by atoms with Gasteiger partial charge in [-0.05, 0) is 61.5 Å². The van der Waals surface area contributed by atoms with Crippen LogP contribution >= 0.6 is 0 Å². The molecule has 1 atom stereocenters. The first kappa shape index (κ1) is 17.2. The number of hydrogen-bond donors (Lipinski definition) is 0. The summed E-state index contributed by atoms with van der Waals surface area (Å²) in [5.74, 6) is 0. The molecule has 1 unspecified atom stereocenters. The Bertz CT molecular complexity index is 605. The summed E-state index contributed by atoms with van der Waals surface area (Å²) in [5.41, 5.74) is 3.40. The van der Waals surface area contributed by atoms with Crippen molar-refractivity contribution in [3.8, 4) is 6.07 Å². The van der Waals surface area contributed by atoms with Crippen molar-refractivity contribution in [2.24, 2.45) is 0 Å². The third kappa shape index (κ3) is 3.00. The predicted molar refractivity (Wildman–Crippen MR) is 94.4 cm³/mol. The number of nitriles is 1. The van der Waals surface area contributed by atoms with Gasteiger partial charge in [-0.15, -0.1) is 0 Å². The highest BCUT2D eigenvalue weighted by molar-refractivity contribution is 6.74. The van der Waals surface area contributed by atoms with Crippen molar-refractivity contribution in [1.82, 2.24) is 0 Å². The minimum Gasteiger partial charge on any atom is -0.410 e. The molecule has 120 valence electrons. The lowest BCUT2D eigenvalue weighted by molar-refractivity contribution is 0.185. The van der Waals surface area contributed by atoms with Crippen LogP contribution in [0.15, 0.2) is 18.2 Å². The van der Waals surface area contributed by atoms with Crippen LogP contribution in [0.2, 0.25) is 18.1 Å². The predicted octanol–water partition coefficient (Wildman–Crippen LogP) is 5.50. The van der Waals surface area contributed by atoms with Gasteiger partial charge in [-0.25, -0.2) is 0 Å². The molecule has 22 heavy (non-hydrogen) atoms. The third-order valence-electron chi connectivity index (χ3n) is 5.41. The zero-order valence-electron chi connectivity index (χ0n) is 15.1. The van der Waals surface area contributed by atoms with E-state index in [4.69, 9.17) is 4.43 Å². The zero-order chi connectivity index (χ0) is 16.8. The van der Waals surface area contributed by atoms with Gasteiger partial charge in [0.05, 0.1) is 17.6 Å². The molecule has 0 saturated carbocycles. The van der Waals surface area contributed by atoms with Crippen LogP contribution in [-0.4, -0.2) is 8.32 Å². The summed E-state index contributed by atoms with van der Waals surface area (Å²) in [4.78, 5) is 0. The summed E-state index contributed by atoms with van der Waals surface area (Å²) in [6, 6.07) is 8.83. The molecule has 0 N–H and O–H groups in total. The Kier molecular flexibility index (Phi) is 4.32. The molecule has 1 aromatic carbocycles. The van der Waals surface area contributed by atoms with Crippen LogP contribution in [0.25, 0.3) is 0 Å². The molecule has 1 aliphatic rings. The molecule has 0 bridgehead atoms. The summed E-state index contributed by atoms with van der Waals surface area (Å²) in [6.45, 7) is 15.5. The van der Waals surface area contributed by atoms with Crippen molar-refractivity contribution in [1.29, 1.82) is 5.26 Å². The van der Waals surface area contributed by atoms with E-state index in [1.807, 2.05) is 13.8 Å². The van der Waals surface area contributed by atoms with Crippen molar-refractivity contribution in [2.45, 2.75) is 77.1 Å². The molecule has 0 saturated heterocycles. The zero-order valence-corrected chi connectivity index (χ0v) is 16.1. The van der Waals surface area contributed by atoms with Gasteiger partial charge in [-0.1, -0.05) is 39.0 Å². The van der Waals surface area contributed by atoms with E-state index < -0.39 is 13.7 Å². The smallest absolute Gasteiger partial charge is 0.192 e. The van der Waals surface area contributed by atoms with E-state index in [2.05, 4.69) is 58.1 Å². The third-order valence-corrected chi connectivity index (χ3v) is 9.90. The quantitative estimate of drug-likeness (QED) is 0.690. The van der Waals surface area contributed by atoms with Crippen molar-refractivity contribution < 1.29 is 4.43 Å². The number of fused-ring (bicyclic) bond motifs is 1. The molecule has 1 aliphatic carbocycles. The normalized spacial score (nSPS) is 18.9. The Labute approximate surface area is 136 Å². The summed E-state index contributed by atoms with van der Waals surface area (Å²) in [6.07, 6.45) is 2.27. The van der Waals surface area contributed by atoms with E-state index in [-0.39, 0.29) is 11.1 Å². The molecule has 0 fully saturated rings. The molecule has 0 radical (unpaired) electrons. The highest BCUT2D eigenvalue weighted by Crippen LogP contribution is 2.45. The second kappa shape index (κ2) is 5.51. The van der Waals surface area contributed by atoms with Crippen molar-refractivity contribution in [3.63, 3.8) is 0 Å². The van der Waals surface area contributed by atoms with Gasteiger partial charge >= 0.3 is 0 Å². The molecule has 0 heterocycles. The average molecular weight is 316 g/mol. The Morgan fingerprint density at radius 3 is 2.36 bits per heavy atom. The maximum absolute atomic E-state index is 9.46. The molecule has 3 heteroatoms. The minimum atomic E-state index is -1.77. The largest absolute Gasteiger partial charge is 0.410 e. The highest BCUT2D eigenvalue weighted by atomic mass is 28.4. The molecule has 1 aromatic rings. The average Bonchev–Trinajstić information content (AvgIpc) is 2.80. The Balaban J connectivity index is 2.36. The maximum Gasteiger partial charge on any atom is 0.192 e. The van der Waals surface area contributed by atoms with Gasteiger partial charge in [-0.2, -0.15) is 5.26 Å². The van der Waals surface area contributed by atoms with Crippen molar-refractivity contribution >= 4 is 8.32 Å². The molecule has 0 spiro atoms. The number of nitrogens with zero attached hydrogens (tertiary/aromatic N) is 1. The first-order valence-electron chi connectivity index (χ1n) is 8.21. The van der Waals surface area contributed by atoms with E-state index >= 15 is 0 Å². The van der Waals surface area contributed by atoms with Gasteiger partial charge in [0.1, 0.15) is 0 Å². The second-order valence-corrected chi connectivity index (χ2v) is 13.3. The van der Waals surface area contributed by atoms with Gasteiger partial charge in [0.25, 0.3) is 0 Å². The highest BCUT2D eigenvalue weighted by Gasteiger charge is 2.41. The van der Waals surface area contributed by atoms with Crippen LogP contribution in [0.3, 0.4) is 0 Å². The number of rotatable bonds is 3. The van der Waals surface area contributed by atoms with E-state index in [1.54, 1.807) is 0 Å². The molecular weight excluding hydrogens is 286 g/mol. The van der Waals surface area contributed by atoms with Crippen LogP contribution in [-0.2, 0) is 16.3 Å².